The molecule has 3 aliphatic heterocycles. The van der Waals surface area contributed by atoms with E-state index in [0.717, 1.165) is 6.54 Å². The van der Waals surface area contributed by atoms with Gasteiger partial charge in [-0.2, -0.15) is 0 Å². The Bertz CT molecular complexity index is 403. The monoisotopic (exact) mass is 279 g/mol. The molecule has 3 rings (SSSR count). The molecule has 0 aromatic heterocycles. The molecule has 0 bridgehead atoms. The molecule has 3 heterocycles. The largest absolute Gasteiger partial charge is 0.302 e. The zero-order valence-corrected chi connectivity index (χ0v) is 13.4. The summed E-state index contributed by atoms with van der Waals surface area (Å²) in [6, 6.07) is 0.0698. The first-order valence-corrected chi connectivity index (χ1v) is 8.04. The fourth-order valence-corrected chi connectivity index (χ4v) is 5.12. The van der Waals surface area contributed by atoms with Crippen molar-refractivity contribution in [3.8, 4) is 0 Å². The predicted octanol–water partition coefficient (Wildman–Crippen LogP) is 1.42. The van der Waals surface area contributed by atoms with E-state index in [-0.39, 0.29) is 11.5 Å². The lowest BCUT2D eigenvalue weighted by molar-refractivity contribution is -0.124. The number of carbonyl (C=O) groups is 1. The van der Waals surface area contributed by atoms with Crippen molar-refractivity contribution in [2.24, 2.45) is 23.2 Å². The summed E-state index contributed by atoms with van der Waals surface area (Å²) in [6.07, 6.45) is 3.35. The topological polar surface area (TPSA) is 44.4 Å². The first kappa shape index (κ1) is 14.5. The van der Waals surface area contributed by atoms with E-state index in [1.807, 2.05) is 0 Å². The van der Waals surface area contributed by atoms with Crippen molar-refractivity contribution >= 4 is 5.78 Å². The Morgan fingerprint density at radius 3 is 2.60 bits per heavy atom. The normalized spacial score (nSPS) is 45.2. The summed E-state index contributed by atoms with van der Waals surface area (Å²) in [6.45, 7) is 9.78. The molecule has 3 saturated heterocycles. The van der Waals surface area contributed by atoms with Crippen molar-refractivity contribution < 1.29 is 4.79 Å². The molecule has 0 aromatic rings. The fourth-order valence-electron chi connectivity index (χ4n) is 5.12. The molecule has 3 aliphatic rings. The second-order valence-corrected chi connectivity index (χ2v) is 8.04. The third-order valence-electron chi connectivity index (χ3n) is 5.76. The number of nitrogens with one attached hydrogen (secondary N) is 2. The molecule has 5 unspecified atom stereocenters. The van der Waals surface area contributed by atoms with E-state index < -0.39 is 0 Å². The highest BCUT2D eigenvalue weighted by Crippen LogP contribution is 2.52. The Hall–Kier alpha value is -0.450. The highest BCUT2D eigenvalue weighted by Gasteiger charge is 2.60. The molecule has 0 radical (unpaired) electrons. The molecular weight excluding hydrogens is 250 g/mol. The minimum atomic E-state index is 0.0698. The van der Waals surface area contributed by atoms with Gasteiger partial charge >= 0.3 is 0 Å². The van der Waals surface area contributed by atoms with Gasteiger partial charge in [-0.15, -0.1) is 0 Å². The summed E-state index contributed by atoms with van der Waals surface area (Å²) in [5.74, 6) is 2.03. The number of carbonyl (C=O) groups excluding carboxylic acids is 1. The fraction of sp³-hybridized carbons (Fsp3) is 0.938. The molecule has 3 fully saturated rings. The van der Waals surface area contributed by atoms with E-state index >= 15 is 0 Å². The van der Waals surface area contributed by atoms with Gasteiger partial charge in [0.15, 0.2) is 0 Å². The molecule has 20 heavy (non-hydrogen) atoms. The van der Waals surface area contributed by atoms with Gasteiger partial charge in [0.05, 0.1) is 18.4 Å². The average molecular weight is 279 g/mol. The van der Waals surface area contributed by atoms with Crippen LogP contribution in [0.1, 0.15) is 40.5 Å². The number of likely N-dealkylation sites (N-methyl/N-ethyl adjacent to an activating group) is 1. The van der Waals surface area contributed by atoms with E-state index in [4.69, 9.17) is 0 Å². The van der Waals surface area contributed by atoms with Gasteiger partial charge in [0, 0.05) is 0 Å². The van der Waals surface area contributed by atoms with Crippen LogP contribution in [-0.2, 0) is 4.79 Å². The van der Waals surface area contributed by atoms with E-state index in [0.29, 0.717) is 35.9 Å². The number of hydrogen-bond acceptors (Lipinski definition) is 4. The molecule has 4 heteroatoms. The standard InChI is InChI=1S/C16H29N3O/c1-9(20)13-12(16(2,3)4)11-10-7-6-8-17-14(10)18-15(11)19(13)5/h10-15,17-18H,6-8H2,1-5H3/t10?,11?,12?,13?,14-,15?/m1/s1. The number of ketones is 1. The van der Waals surface area contributed by atoms with Crippen LogP contribution < -0.4 is 10.6 Å². The zero-order chi connectivity index (χ0) is 14.7. The molecule has 2 N–H and O–H groups in total. The lowest BCUT2D eigenvalue weighted by Gasteiger charge is -2.40. The Morgan fingerprint density at radius 1 is 1.30 bits per heavy atom. The van der Waals surface area contributed by atoms with Crippen LogP contribution in [0.15, 0.2) is 0 Å². The van der Waals surface area contributed by atoms with Crippen molar-refractivity contribution in [1.29, 1.82) is 0 Å². The van der Waals surface area contributed by atoms with Gasteiger partial charge in [-0.05, 0) is 56.5 Å². The summed E-state index contributed by atoms with van der Waals surface area (Å²) >= 11 is 0. The molecule has 0 amide bonds. The predicted molar refractivity (Wildman–Crippen MR) is 80.1 cm³/mol. The van der Waals surface area contributed by atoms with Crippen molar-refractivity contribution in [3.63, 3.8) is 0 Å². The van der Waals surface area contributed by atoms with E-state index in [2.05, 4.69) is 43.4 Å². The summed E-state index contributed by atoms with van der Waals surface area (Å²) in [4.78, 5) is 14.5. The van der Waals surface area contributed by atoms with Crippen LogP contribution in [0.3, 0.4) is 0 Å². The number of piperidine rings is 1. The van der Waals surface area contributed by atoms with Gasteiger partial charge in [0.25, 0.3) is 0 Å². The molecule has 0 saturated carbocycles. The summed E-state index contributed by atoms with van der Waals surface area (Å²) < 4.78 is 0. The minimum Gasteiger partial charge on any atom is -0.302 e. The number of rotatable bonds is 1. The maximum absolute atomic E-state index is 12.2. The van der Waals surface area contributed by atoms with Gasteiger partial charge in [-0.1, -0.05) is 20.8 Å². The van der Waals surface area contributed by atoms with Crippen LogP contribution in [0, 0.1) is 23.2 Å². The van der Waals surface area contributed by atoms with Gasteiger partial charge in [0.2, 0.25) is 0 Å². The highest BCUT2D eigenvalue weighted by molar-refractivity contribution is 5.82. The molecule has 0 aliphatic carbocycles. The maximum Gasteiger partial charge on any atom is 0.147 e. The lowest BCUT2D eigenvalue weighted by Crippen LogP contribution is -2.53. The number of fused-ring (bicyclic) bond motifs is 3. The molecule has 0 spiro atoms. The number of Topliss-reactive ketones (excluding diaryl/α,β-unsaturated/α-hetero) is 1. The van der Waals surface area contributed by atoms with Crippen LogP contribution in [0.5, 0.6) is 0 Å². The van der Waals surface area contributed by atoms with Crippen molar-refractivity contribution in [2.75, 3.05) is 13.6 Å². The maximum atomic E-state index is 12.2. The first-order chi connectivity index (χ1) is 9.32. The third kappa shape index (κ3) is 2.04. The summed E-state index contributed by atoms with van der Waals surface area (Å²) in [5, 5.41) is 7.38. The van der Waals surface area contributed by atoms with E-state index in [1.165, 1.54) is 12.8 Å². The lowest BCUT2D eigenvalue weighted by atomic mass is 9.66. The Morgan fingerprint density at radius 2 is 2.00 bits per heavy atom. The summed E-state index contributed by atoms with van der Waals surface area (Å²) in [5.41, 5.74) is 0.165. The minimum absolute atomic E-state index is 0.0698. The van der Waals surface area contributed by atoms with Crippen molar-refractivity contribution in [1.82, 2.24) is 15.5 Å². The molecular formula is C16H29N3O. The molecule has 114 valence electrons. The second kappa shape index (κ2) is 4.79. The Labute approximate surface area is 122 Å². The van der Waals surface area contributed by atoms with Crippen LogP contribution >= 0.6 is 0 Å². The number of nitrogens with zero attached hydrogens (tertiary/aromatic N) is 1. The summed E-state index contributed by atoms with van der Waals surface area (Å²) in [7, 11) is 2.12. The number of hydrogen-bond donors (Lipinski definition) is 2. The van der Waals surface area contributed by atoms with Crippen molar-refractivity contribution in [3.05, 3.63) is 0 Å². The molecule has 6 atom stereocenters. The van der Waals surface area contributed by atoms with Gasteiger partial charge in [-0.25, -0.2) is 0 Å². The quantitative estimate of drug-likeness (QED) is 0.762. The number of likely N-dealkylation sites (tertiary alicyclic amines) is 1. The third-order valence-corrected chi connectivity index (χ3v) is 5.76. The highest BCUT2D eigenvalue weighted by atomic mass is 16.1. The van der Waals surface area contributed by atoms with Crippen molar-refractivity contribution in [2.45, 2.75) is 58.9 Å². The second-order valence-electron chi connectivity index (χ2n) is 8.04. The molecule has 0 aromatic carbocycles. The average Bonchev–Trinajstić information content (AvgIpc) is 2.84. The Kier molecular flexibility index (Phi) is 3.47. The van der Waals surface area contributed by atoms with Crippen LogP contribution in [0.25, 0.3) is 0 Å². The zero-order valence-electron chi connectivity index (χ0n) is 13.4. The SMILES string of the molecule is CC(=O)C1C(C(C)(C)C)C2C3CCCN[C@@H]3NC2N1C. The van der Waals surface area contributed by atoms with E-state index in [9.17, 15) is 4.79 Å². The van der Waals surface area contributed by atoms with Gasteiger partial charge in [0.1, 0.15) is 5.78 Å². The Balaban J connectivity index is 1.97. The van der Waals surface area contributed by atoms with Crippen LogP contribution in [-0.4, -0.2) is 42.6 Å². The van der Waals surface area contributed by atoms with Crippen LogP contribution in [0.4, 0.5) is 0 Å². The van der Waals surface area contributed by atoms with E-state index in [1.54, 1.807) is 6.92 Å². The molecule has 4 nitrogen and oxygen atoms in total. The first-order valence-electron chi connectivity index (χ1n) is 8.04. The van der Waals surface area contributed by atoms with Crippen LogP contribution in [0.2, 0.25) is 0 Å². The smallest absolute Gasteiger partial charge is 0.147 e. The van der Waals surface area contributed by atoms with Gasteiger partial charge < -0.3 is 5.32 Å². The van der Waals surface area contributed by atoms with Gasteiger partial charge in [-0.3, -0.25) is 15.0 Å².